The van der Waals surface area contributed by atoms with Gasteiger partial charge < -0.3 is 19.7 Å². The first-order valence-corrected chi connectivity index (χ1v) is 8.67. The lowest BCUT2D eigenvalue weighted by atomic mass is 10.1. The predicted octanol–water partition coefficient (Wildman–Crippen LogP) is 4.21. The molecule has 1 fully saturated rings. The molecule has 1 aliphatic rings. The molecule has 0 spiro atoms. The number of amides is 1. The molecular weight excluding hydrogens is 304 g/mol. The molecule has 0 aliphatic carbocycles. The van der Waals surface area contributed by atoms with Gasteiger partial charge in [0.25, 0.3) is 0 Å². The fourth-order valence-corrected chi connectivity index (χ4v) is 2.90. The molecule has 0 bridgehead atoms. The zero-order chi connectivity index (χ0) is 17.7. The number of aryl methyl sites for hydroxylation is 1. The fraction of sp³-hybridized carbons (Fsp3) is 0.632. The van der Waals surface area contributed by atoms with Crippen LogP contribution in [0.15, 0.2) is 18.2 Å². The van der Waals surface area contributed by atoms with Crippen LogP contribution in [0.5, 0.6) is 5.75 Å². The topological polar surface area (TPSA) is 50.8 Å². The number of ether oxygens (including phenoxy) is 2. The van der Waals surface area contributed by atoms with Gasteiger partial charge in [0.15, 0.2) is 0 Å². The molecule has 24 heavy (non-hydrogen) atoms. The lowest BCUT2D eigenvalue weighted by Crippen LogP contribution is -2.37. The van der Waals surface area contributed by atoms with Gasteiger partial charge in [-0.3, -0.25) is 0 Å². The molecule has 1 aromatic rings. The molecule has 1 amide bonds. The summed E-state index contributed by atoms with van der Waals surface area (Å²) in [4.78, 5) is 14.1. The van der Waals surface area contributed by atoms with Crippen molar-refractivity contribution in [3.05, 3.63) is 23.8 Å². The standard InChI is InChI=1S/C19H30N2O3/c1-14-8-9-17(23-5)16(13-14)20-15-7-6-11-21(12-10-15)18(22)24-19(2,3)4/h8-9,13,15,20H,6-7,10-12H2,1-5H3. The number of hydrogen-bond acceptors (Lipinski definition) is 4. The van der Waals surface area contributed by atoms with Crippen molar-refractivity contribution in [1.82, 2.24) is 4.90 Å². The minimum atomic E-state index is -0.448. The average Bonchev–Trinajstić information content (AvgIpc) is 2.71. The van der Waals surface area contributed by atoms with Crippen LogP contribution in [0.25, 0.3) is 0 Å². The molecule has 2 rings (SSSR count). The Kier molecular flexibility index (Phi) is 5.97. The number of hydrogen-bond donors (Lipinski definition) is 1. The van der Waals surface area contributed by atoms with Gasteiger partial charge in [0.1, 0.15) is 11.4 Å². The third-order valence-electron chi connectivity index (χ3n) is 4.09. The highest BCUT2D eigenvalue weighted by atomic mass is 16.6. The molecule has 1 saturated heterocycles. The van der Waals surface area contributed by atoms with Crippen LogP contribution in [0.2, 0.25) is 0 Å². The van der Waals surface area contributed by atoms with Crippen molar-refractivity contribution in [3.8, 4) is 5.75 Å². The summed E-state index contributed by atoms with van der Waals surface area (Å²) in [6.45, 7) is 9.23. The third-order valence-corrected chi connectivity index (χ3v) is 4.09. The van der Waals surface area contributed by atoms with Crippen molar-refractivity contribution in [2.75, 3.05) is 25.5 Å². The van der Waals surface area contributed by atoms with Gasteiger partial charge in [0.05, 0.1) is 12.8 Å². The smallest absolute Gasteiger partial charge is 0.410 e. The molecule has 1 atom stereocenters. The summed E-state index contributed by atoms with van der Waals surface area (Å²) >= 11 is 0. The van der Waals surface area contributed by atoms with E-state index in [9.17, 15) is 4.79 Å². The Morgan fingerprint density at radius 1 is 1.25 bits per heavy atom. The molecule has 0 radical (unpaired) electrons. The average molecular weight is 334 g/mol. The molecule has 134 valence electrons. The molecule has 5 heteroatoms. The van der Waals surface area contributed by atoms with Gasteiger partial charge in [-0.15, -0.1) is 0 Å². The van der Waals surface area contributed by atoms with E-state index in [2.05, 4.69) is 18.3 Å². The summed E-state index contributed by atoms with van der Waals surface area (Å²) in [5.41, 5.74) is 1.77. The Bertz CT molecular complexity index is 566. The Hall–Kier alpha value is -1.91. The highest BCUT2D eigenvalue weighted by Gasteiger charge is 2.25. The summed E-state index contributed by atoms with van der Waals surface area (Å²) in [6.07, 6.45) is 2.67. The molecule has 1 aliphatic heterocycles. The number of rotatable bonds is 3. The molecule has 0 saturated carbocycles. The van der Waals surface area contributed by atoms with E-state index >= 15 is 0 Å². The Balaban J connectivity index is 1.96. The van der Waals surface area contributed by atoms with Gasteiger partial charge in [-0.1, -0.05) is 6.07 Å². The van der Waals surface area contributed by atoms with E-state index in [0.717, 1.165) is 37.2 Å². The second-order valence-corrected chi connectivity index (χ2v) is 7.44. The van der Waals surface area contributed by atoms with Crippen LogP contribution in [0.4, 0.5) is 10.5 Å². The number of nitrogens with one attached hydrogen (secondary N) is 1. The first-order valence-electron chi connectivity index (χ1n) is 8.67. The highest BCUT2D eigenvalue weighted by molar-refractivity contribution is 5.68. The number of methoxy groups -OCH3 is 1. The van der Waals surface area contributed by atoms with Gasteiger partial charge >= 0.3 is 6.09 Å². The van der Waals surface area contributed by atoms with Gasteiger partial charge in [0, 0.05) is 19.1 Å². The zero-order valence-corrected chi connectivity index (χ0v) is 15.5. The van der Waals surface area contributed by atoms with Gasteiger partial charge in [-0.2, -0.15) is 0 Å². The maximum Gasteiger partial charge on any atom is 0.410 e. The summed E-state index contributed by atoms with van der Waals surface area (Å²) in [6, 6.07) is 6.46. The number of carbonyl (C=O) groups excluding carboxylic acids is 1. The first-order chi connectivity index (χ1) is 11.3. The molecule has 1 N–H and O–H groups in total. The fourth-order valence-electron chi connectivity index (χ4n) is 2.90. The predicted molar refractivity (Wildman–Crippen MR) is 96.8 cm³/mol. The van der Waals surface area contributed by atoms with Crippen LogP contribution in [0, 0.1) is 6.92 Å². The molecule has 1 unspecified atom stereocenters. The van der Waals surface area contributed by atoms with Crippen LogP contribution in [0.3, 0.4) is 0 Å². The van der Waals surface area contributed by atoms with Crippen molar-refractivity contribution in [2.45, 2.75) is 58.6 Å². The zero-order valence-electron chi connectivity index (χ0n) is 15.5. The van der Waals surface area contributed by atoms with Gasteiger partial charge in [-0.05, 0) is 64.7 Å². The van der Waals surface area contributed by atoms with Gasteiger partial charge in [0.2, 0.25) is 0 Å². The summed E-state index contributed by atoms with van der Waals surface area (Å²) in [7, 11) is 1.69. The van der Waals surface area contributed by atoms with E-state index < -0.39 is 5.60 Å². The van der Waals surface area contributed by atoms with E-state index in [1.54, 1.807) is 7.11 Å². The van der Waals surface area contributed by atoms with Crippen LogP contribution >= 0.6 is 0 Å². The summed E-state index contributed by atoms with van der Waals surface area (Å²) in [5, 5.41) is 3.59. The van der Waals surface area contributed by atoms with Crippen molar-refractivity contribution in [1.29, 1.82) is 0 Å². The third kappa shape index (κ3) is 5.32. The van der Waals surface area contributed by atoms with Crippen LogP contribution in [-0.2, 0) is 4.74 Å². The lowest BCUT2D eigenvalue weighted by molar-refractivity contribution is 0.0256. The first kappa shape index (κ1) is 18.4. The largest absolute Gasteiger partial charge is 0.495 e. The number of benzene rings is 1. The normalized spacial score (nSPS) is 18.7. The molecule has 0 aromatic heterocycles. The minimum absolute atomic E-state index is 0.212. The molecule has 5 nitrogen and oxygen atoms in total. The Morgan fingerprint density at radius 3 is 2.67 bits per heavy atom. The lowest BCUT2D eigenvalue weighted by Gasteiger charge is -2.26. The summed E-state index contributed by atoms with van der Waals surface area (Å²) in [5.74, 6) is 0.855. The van der Waals surface area contributed by atoms with Crippen molar-refractivity contribution < 1.29 is 14.3 Å². The highest BCUT2D eigenvalue weighted by Crippen LogP contribution is 2.28. The maximum absolute atomic E-state index is 12.2. The van der Waals surface area contributed by atoms with E-state index in [0.29, 0.717) is 12.6 Å². The van der Waals surface area contributed by atoms with E-state index in [1.165, 1.54) is 5.56 Å². The molecule has 1 heterocycles. The second kappa shape index (κ2) is 7.77. The monoisotopic (exact) mass is 334 g/mol. The SMILES string of the molecule is COc1ccc(C)cc1NC1CCCN(C(=O)OC(C)(C)C)CC1. The molecule has 1 aromatic carbocycles. The quantitative estimate of drug-likeness (QED) is 0.900. The van der Waals surface area contributed by atoms with Crippen LogP contribution in [0.1, 0.15) is 45.6 Å². The number of likely N-dealkylation sites (tertiary alicyclic amines) is 1. The van der Waals surface area contributed by atoms with Gasteiger partial charge in [-0.25, -0.2) is 4.79 Å². The van der Waals surface area contributed by atoms with Crippen molar-refractivity contribution >= 4 is 11.8 Å². The second-order valence-electron chi connectivity index (χ2n) is 7.44. The van der Waals surface area contributed by atoms with E-state index in [4.69, 9.17) is 9.47 Å². The summed E-state index contributed by atoms with van der Waals surface area (Å²) < 4.78 is 10.9. The molecular formula is C19H30N2O3. The minimum Gasteiger partial charge on any atom is -0.495 e. The number of anilines is 1. The Labute approximate surface area is 145 Å². The van der Waals surface area contributed by atoms with Crippen LogP contribution in [-0.4, -0.2) is 42.8 Å². The number of carbonyl (C=O) groups is 1. The van der Waals surface area contributed by atoms with Crippen molar-refractivity contribution in [3.63, 3.8) is 0 Å². The van der Waals surface area contributed by atoms with E-state index in [1.807, 2.05) is 37.8 Å². The van der Waals surface area contributed by atoms with Crippen LogP contribution < -0.4 is 10.1 Å². The van der Waals surface area contributed by atoms with E-state index in [-0.39, 0.29) is 6.09 Å². The maximum atomic E-state index is 12.2. The van der Waals surface area contributed by atoms with Crippen molar-refractivity contribution in [2.24, 2.45) is 0 Å². The number of nitrogens with zero attached hydrogens (tertiary/aromatic N) is 1. The Morgan fingerprint density at radius 2 is 2.00 bits per heavy atom.